The molecule has 0 saturated carbocycles. The molecule has 0 radical (unpaired) electrons. The van der Waals surface area contributed by atoms with E-state index in [-0.39, 0.29) is 31.1 Å². The van der Waals surface area contributed by atoms with E-state index >= 15 is 0 Å². The summed E-state index contributed by atoms with van der Waals surface area (Å²) in [4.78, 5) is 38.4. The Morgan fingerprint density at radius 2 is 0.474 bits per heavy atom. The van der Waals surface area contributed by atoms with Crippen molar-refractivity contribution in [2.75, 3.05) is 13.2 Å². The van der Waals surface area contributed by atoms with Gasteiger partial charge in [-0.2, -0.15) is 0 Å². The van der Waals surface area contributed by atoms with E-state index < -0.39 is 6.10 Å². The summed E-state index contributed by atoms with van der Waals surface area (Å²) in [5.41, 5.74) is 0. The van der Waals surface area contributed by atoms with Crippen LogP contribution in [0.1, 0.15) is 361 Å². The van der Waals surface area contributed by atoms with Gasteiger partial charge in [0.05, 0.1) is 0 Å². The molecule has 0 spiro atoms. The lowest BCUT2D eigenvalue weighted by Gasteiger charge is -2.18. The molecular formula is C70H128O6. The molecule has 0 fully saturated rings. The van der Waals surface area contributed by atoms with E-state index in [1.807, 2.05) is 0 Å². The zero-order chi connectivity index (χ0) is 55.0. The van der Waals surface area contributed by atoms with Crippen molar-refractivity contribution in [2.45, 2.75) is 367 Å². The van der Waals surface area contributed by atoms with Crippen LogP contribution in [-0.4, -0.2) is 37.2 Å². The maximum absolute atomic E-state index is 12.9. The Labute approximate surface area is 473 Å². The summed E-state index contributed by atoms with van der Waals surface area (Å²) in [7, 11) is 0. The number of unbranched alkanes of at least 4 members (excludes halogenated alkanes) is 43. The van der Waals surface area contributed by atoms with Crippen LogP contribution in [-0.2, 0) is 28.6 Å². The molecule has 0 rings (SSSR count). The molecule has 444 valence electrons. The molecule has 6 heteroatoms. The number of carbonyl (C=O) groups excluding carboxylic acids is 3. The molecule has 0 aliphatic carbocycles. The lowest BCUT2D eigenvalue weighted by Crippen LogP contribution is -2.30. The molecule has 6 nitrogen and oxygen atoms in total. The molecule has 0 heterocycles. The number of allylic oxidation sites excluding steroid dienone is 8. The highest BCUT2D eigenvalue weighted by molar-refractivity contribution is 5.71. The minimum absolute atomic E-state index is 0.0728. The van der Waals surface area contributed by atoms with Crippen molar-refractivity contribution in [3.63, 3.8) is 0 Å². The van der Waals surface area contributed by atoms with Gasteiger partial charge in [0.15, 0.2) is 6.10 Å². The lowest BCUT2D eigenvalue weighted by molar-refractivity contribution is -0.167. The Bertz CT molecular complexity index is 1310. The van der Waals surface area contributed by atoms with Crippen molar-refractivity contribution in [1.82, 2.24) is 0 Å². The van der Waals surface area contributed by atoms with Crippen LogP contribution in [0.15, 0.2) is 48.6 Å². The summed E-state index contributed by atoms with van der Waals surface area (Å²) in [6.45, 7) is 6.67. The van der Waals surface area contributed by atoms with E-state index in [1.165, 1.54) is 244 Å². The fourth-order valence-electron chi connectivity index (χ4n) is 9.98. The number of hydrogen-bond donors (Lipinski definition) is 0. The molecule has 0 aliphatic heterocycles. The summed E-state index contributed by atoms with van der Waals surface area (Å²) in [5, 5.41) is 0. The number of ether oxygens (including phenoxy) is 3. The summed E-state index contributed by atoms with van der Waals surface area (Å²) in [6, 6.07) is 0. The predicted octanol–water partition coefficient (Wildman–Crippen LogP) is 22.9. The molecule has 1 unspecified atom stereocenters. The van der Waals surface area contributed by atoms with E-state index in [2.05, 4.69) is 69.4 Å². The van der Waals surface area contributed by atoms with Gasteiger partial charge in [0, 0.05) is 19.3 Å². The monoisotopic (exact) mass is 1060 g/mol. The predicted molar refractivity (Wildman–Crippen MR) is 330 cm³/mol. The van der Waals surface area contributed by atoms with Gasteiger partial charge in [0.25, 0.3) is 0 Å². The average Bonchev–Trinajstić information content (AvgIpc) is 3.42. The third-order valence-electron chi connectivity index (χ3n) is 15.1. The summed E-state index contributed by atoms with van der Waals surface area (Å²) in [5.74, 6) is -0.858. The molecule has 76 heavy (non-hydrogen) atoms. The molecule has 0 aromatic carbocycles. The van der Waals surface area contributed by atoms with Gasteiger partial charge in [-0.05, 0) is 83.5 Å². The third-order valence-corrected chi connectivity index (χ3v) is 15.1. The van der Waals surface area contributed by atoms with E-state index in [0.29, 0.717) is 19.3 Å². The van der Waals surface area contributed by atoms with Gasteiger partial charge in [-0.15, -0.1) is 0 Å². The van der Waals surface area contributed by atoms with Crippen LogP contribution >= 0.6 is 0 Å². The van der Waals surface area contributed by atoms with Crippen molar-refractivity contribution in [1.29, 1.82) is 0 Å². The van der Waals surface area contributed by atoms with E-state index in [9.17, 15) is 14.4 Å². The normalized spacial score (nSPS) is 12.3. The fourth-order valence-corrected chi connectivity index (χ4v) is 9.98. The second-order valence-electron chi connectivity index (χ2n) is 22.7. The molecule has 0 bridgehead atoms. The van der Waals surface area contributed by atoms with E-state index in [1.54, 1.807) is 0 Å². The van der Waals surface area contributed by atoms with Crippen molar-refractivity contribution in [3.8, 4) is 0 Å². The minimum atomic E-state index is -0.777. The van der Waals surface area contributed by atoms with Gasteiger partial charge in [-0.1, -0.05) is 307 Å². The molecule has 0 saturated heterocycles. The van der Waals surface area contributed by atoms with Crippen LogP contribution in [0.3, 0.4) is 0 Å². The minimum Gasteiger partial charge on any atom is -0.462 e. The first-order valence-corrected chi connectivity index (χ1v) is 33.6. The second-order valence-corrected chi connectivity index (χ2v) is 22.7. The molecule has 1 atom stereocenters. The molecule has 0 aromatic heterocycles. The Morgan fingerprint density at radius 1 is 0.263 bits per heavy atom. The maximum Gasteiger partial charge on any atom is 0.306 e. The van der Waals surface area contributed by atoms with Gasteiger partial charge in [-0.25, -0.2) is 0 Å². The van der Waals surface area contributed by atoms with Gasteiger partial charge >= 0.3 is 17.9 Å². The van der Waals surface area contributed by atoms with Crippen molar-refractivity contribution < 1.29 is 28.6 Å². The van der Waals surface area contributed by atoms with Crippen LogP contribution in [0.4, 0.5) is 0 Å². The zero-order valence-corrected chi connectivity index (χ0v) is 51.0. The molecule has 0 amide bonds. The highest BCUT2D eigenvalue weighted by Crippen LogP contribution is 2.17. The molecule has 0 N–H and O–H groups in total. The SMILES string of the molecule is CCCCCC/C=C\C/C=C\CCCCCCCCCC(=O)OC(COC(=O)CCCCCCCCCCCCC/C=C\C/C=C\CCCCCCC)COC(=O)CCCCCCCCCCCCCCCCCCC. The Hall–Kier alpha value is -2.63. The van der Waals surface area contributed by atoms with E-state index in [4.69, 9.17) is 14.2 Å². The smallest absolute Gasteiger partial charge is 0.306 e. The van der Waals surface area contributed by atoms with Gasteiger partial charge < -0.3 is 14.2 Å². The Kier molecular flexibility index (Phi) is 62.6. The number of carbonyl (C=O) groups is 3. The first-order valence-electron chi connectivity index (χ1n) is 33.6. The van der Waals surface area contributed by atoms with Gasteiger partial charge in [0.2, 0.25) is 0 Å². The lowest BCUT2D eigenvalue weighted by atomic mass is 10.0. The maximum atomic E-state index is 12.9. The van der Waals surface area contributed by atoms with Crippen LogP contribution in [0, 0.1) is 0 Å². The van der Waals surface area contributed by atoms with Crippen molar-refractivity contribution in [3.05, 3.63) is 48.6 Å². The molecule has 0 aliphatic rings. The van der Waals surface area contributed by atoms with Crippen LogP contribution in [0.5, 0.6) is 0 Å². The fraction of sp³-hybridized carbons (Fsp3) is 0.843. The molecular weight excluding hydrogens is 937 g/mol. The van der Waals surface area contributed by atoms with Crippen LogP contribution < -0.4 is 0 Å². The first-order chi connectivity index (χ1) is 37.5. The van der Waals surface area contributed by atoms with Crippen molar-refractivity contribution >= 4 is 17.9 Å². The standard InChI is InChI=1S/C70H128O6/c1-4-7-10-13-16-19-22-25-28-31-33-34-35-36-37-40-42-45-48-51-54-57-60-63-69(72)75-66-67(65-74-68(71)62-59-56-53-50-47-44-41-38-30-27-24-21-18-15-12-9-6-3)76-70(73)64-61-58-55-52-49-46-43-39-32-29-26-23-20-17-14-11-8-5-2/h20,22-23,25,29,31-33,67H,4-19,21,24,26-28,30,34-66H2,1-3H3/b23-20-,25-22-,32-29-,33-31-. The largest absolute Gasteiger partial charge is 0.462 e. The number of hydrogen-bond acceptors (Lipinski definition) is 6. The second kappa shape index (κ2) is 64.9. The van der Waals surface area contributed by atoms with E-state index in [0.717, 1.165) is 77.0 Å². The molecule has 0 aromatic rings. The third kappa shape index (κ3) is 62.2. The highest BCUT2D eigenvalue weighted by Gasteiger charge is 2.19. The Balaban J connectivity index is 4.33. The summed E-state index contributed by atoms with van der Waals surface area (Å²) >= 11 is 0. The quantitative estimate of drug-likeness (QED) is 0.0261. The highest BCUT2D eigenvalue weighted by atomic mass is 16.6. The number of esters is 3. The van der Waals surface area contributed by atoms with Gasteiger partial charge in [0.1, 0.15) is 13.2 Å². The zero-order valence-electron chi connectivity index (χ0n) is 51.0. The summed E-state index contributed by atoms with van der Waals surface area (Å²) < 4.78 is 17.0. The first kappa shape index (κ1) is 73.4. The summed E-state index contributed by atoms with van der Waals surface area (Å²) in [6.07, 6.45) is 81.2. The van der Waals surface area contributed by atoms with Crippen LogP contribution in [0.2, 0.25) is 0 Å². The Morgan fingerprint density at radius 3 is 0.737 bits per heavy atom. The topological polar surface area (TPSA) is 78.9 Å². The average molecular weight is 1070 g/mol. The number of rotatable bonds is 62. The van der Waals surface area contributed by atoms with Crippen molar-refractivity contribution in [2.24, 2.45) is 0 Å². The van der Waals surface area contributed by atoms with Gasteiger partial charge in [-0.3, -0.25) is 14.4 Å². The van der Waals surface area contributed by atoms with Crippen LogP contribution in [0.25, 0.3) is 0 Å².